The second kappa shape index (κ2) is 6.83. The van der Waals surface area contributed by atoms with Crippen LogP contribution in [0.3, 0.4) is 0 Å². The lowest BCUT2D eigenvalue weighted by molar-refractivity contribution is -0.130. The van der Waals surface area contributed by atoms with Crippen LogP contribution in [0.2, 0.25) is 0 Å². The fourth-order valence-electron chi connectivity index (χ4n) is 3.35. The molecule has 0 aliphatic heterocycles. The van der Waals surface area contributed by atoms with Crippen molar-refractivity contribution in [3.05, 3.63) is 0 Å². The largest absolute Gasteiger partial charge is 0.353 e. The van der Waals surface area contributed by atoms with E-state index in [1.165, 1.54) is 0 Å². The van der Waals surface area contributed by atoms with Gasteiger partial charge in [-0.2, -0.15) is 0 Å². The summed E-state index contributed by atoms with van der Waals surface area (Å²) in [6, 6.07) is 0.807. The molecule has 0 saturated heterocycles. The van der Waals surface area contributed by atoms with Gasteiger partial charge in [-0.1, -0.05) is 6.92 Å². The van der Waals surface area contributed by atoms with Crippen LogP contribution in [-0.4, -0.2) is 30.5 Å². The van der Waals surface area contributed by atoms with Crippen LogP contribution in [-0.2, 0) is 4.79 Å². The van der Waals surface area contributed by atoms with E-state index in [4.69, 9.17) is 0 Å². The van der Waals surface area contributed by atoms with Gasteiger partial charge in [0.25, 0.3) is 0 Å². The summed E-state index contributed by atoms with van der Waals surface area (Å²) in [5, 5.41) is 6.50. The highest BCUT2D eigenvalue weighted by atomic mass is 19.3. The van der Waals surface area contributed by atoms with E-state index < -0.39 is 5.92 Å². The molecule has 0 bridgehead atoms. The van der Waals surface area contributed by atoms with Crippen molar-refractivity contribution in [3.8, 4) is 0 Å². The van der Waals surface area contributed by atoms with Gasteiger partial charge in [0.2, 0.25) is 11.8 Å². The standard InChI is InChI=1S/C15H26F2N2O/c1-2-18-12-3-5-13(6-4-12)19-14(20)11-7-9-15(16,17)10-8-11/h11-13,18H,2-10H2,1H3,(H,19,20). The number of hydrogen-bond acceptors (Lipinski definition) is 2. The summed E-state index contributed by atoms with van der Waals surface area (Å²) in [6.07, 6.45) is 4.52. The molecule has 20 heavy (non-hydrogen) atoms. The van der Waals surface area contributed by atoms with E-state index in [2.05, 4.69) is 17.6 Å². The normalized spacial score (nSPS) is 30.9. The molecule has 2 saturated carbocycles. The zero-order chi connectivity index (χ0) is 14.6. The number of rotatable bonds is 4. The van der Waals surface area contributed by atoms with Crippen molar-refractivity contribution >= 4 is 5.91 Å². The van der Waals surface area contributed by atoms with Crippen LogP contribution in [0.4, 0.5) is 8.78 Å². The molecule has 0 atom stereocenters. The van der Waals surface area contributed by atoms with Gasteiger partial charge >= 0.3 is 0 Å². The molecule has 0 unspecified atom stereocenters. The van der Waals surface area contributed by atoms with Crippen LogP contribution in [0.25, 0.3) is 0 Å². The smallest absolute Gasteiger partial charge is 0.248 e. The van der Waals surface area contributed by atoms with Gasteiger partial charge in [-0.3, -0.25) is 4.79 Å². The van der Waals surface area contributed by atoms with Gasteiger partial charge in [-0.05, 0) is 45.1 Å². The zero-order valence-electron chi connectivity index (χ0n) is 12.3. The fourth-order valence-corrected chi connectivity index (χ4v) is 3.35. The lowest BCUT2D eigenvalue weighted by Gasteiger charge is -2.32. The minimum absolute atomic E-state index is 0.00704. The first-order valence-corrected chi connectivity index (χ1v) is 7.92. The summed E-state index contributed by atoms with van der Waals surface area (Å²) in [4.78, 5) is 12.1. The van der Waals surface area contributed by atoms with Gasteiger partial charge in [0.05, 0.1) is 0 Å². The Morgan fingerprint density at radius 2 is 1.60 bits per heavy atom. The monoisotopic (exact) mass is 288 g/mol. The van der Waals surface area contributed by atoms with E-state index in [1.807, 2.05) is 0 Å². The number of carbonyl (C=O) groups is 1. The van der Waals surface area contributed by atoms with Crippen molar-refractivity contribution < 1.29 is 13.6 Å². The zero-order valence-corrected chi connectivity index (χ0v) is 12.3. The van der Waals surface area contributed by atoms with Gasteiger partial charge in [0.1, 0.15) is 0 Å². The fraction of sp³-hybridized carbons (Fsp3) is 0.933. The number of carbonyl (C=O) groups excluding carboxylic acids is 1. The van der Waals surface area contributed by atoms with Crippen LogP contribution in [0.5, 0.6) is 0 Å². The molecule has 0 aromatic rings. The van der Waals surface area contributed by atoms with Crippen LogP contribution >= 0.6 is 0 Å². The summed E-state index contributed by atoms with van der Waals surface area (Å²) < 4.78 is 26.2. The second-order valence-electron chi connectivity index (χ2n) is 6.25. The van der Waals surface area contributed by atoms with Gasteiger partial charge in [0.15, 0.2) is 0 Å². The lowest BCUT2D eigenvalue weighted by atomic mass is 9.85. The van der Waals surface area contributed by atoms with Crippen LogP contribution in [0, 0.1) is 5.92 Å². The minimum atomic E-state index is -2.55. The van der Waals surface area contributed by atoms with E-state index in [1.54, 1.807) is 0 Å². The quantitative estimate of drug-likeness (QED) is 0.835. The summed E-state index contributed by atoms with van der Waals surface area (Å²) in [5.41, 5.74) is 0. The number of nitrogens with one attached hydrogen (secondary N) is 2. The molecule has 2 aliphatic carbocycles. The highest BCUT2D eigenvalue weighted by Crippen LogP contribution is 2.36. The van der Waals surface area contributed by atoms with E-state index in [0.29, 0.717) is 18.9 Å². The van der Waals surface area contributed by atoms with Crippen molar-refractivity contribution in [2.24, 2.45) is 5.92 Å². The van der Waals surface area contributed by atoms with E-state index in [0.717, 1.165) is 32.2 Å². The molecule has 0 aromatic heterocycles. The van der Waals surface area contributed by atoms with Crippen LogP contribution in [0.15, 0.2) is 0 Å². The lowest BCUT2D eigenvalue weighted by Crippen LogP contribution is -2.45. The van der Waals surface area contributed by atoms with E-state index in [9.17, 15) is 13.6 Å². The average Bonchev–Trinajstić information content (AvgIpc) is 2.41. The number of hydrogen-bond donors (Lipinski definition) is 2. The van der Waals surface area contributed by atoms with Crippen molar-refractivity contribution in [2.45, 2.75) is 76.3 Å². The molecule has 3 nitrogen and oxygen atoms in total. The molecular formula is C15H26F2N2O. The summed E-state index contributed by atoms with van der Waals surface area (Å²) in [7, 11) is 0. The van der Waals surface area contributed by atoms with E-state index >= 15 is 0 Å². The highest BCUT2D eigenvalue weighted by molar-refractivity contribution is 5.79. The Kier molecular flexibility index (Phi) is 5.35. The molecular weight excluding hydrogens is 262 g/mol. The Morgan fingerprint density at radius 1 is 1.05 bits per heavy atom. The summed E-state index contributed by atoms with van der Waals surface area (Å²) in [6.45, 7) is 3.09. The average molecular weight is 288 g/mol. The Bertz CT molecular complexity index is 318. The molecule has 5 heteroatoms. The first-order chi connectivity index (χ1) is 9.50. The highest BCUT2D eigenvalue weighted by Gasteiger charge is 2.37. The Labute approximate surface area is 119 Å². The molecule has 2 aliphatic rings. The van der Waals surface area contributed by atoms with Gasteiger partial charge in [-0.25, -0.2) is 8.78 Å². The molecule has 0 spiro atoms. The molecule has 0 heterocycles. The third-order valence-corrected chi connectivity index (χ3v) is 4.65. The molecule has 1 amide bonds. The second-order valence-corrected chi connectivity index (χ2v) is 6.25. The predicted octanol–water partition coefficient (Wildman–Crippen LogP) is 2.85. The molecule has 116 valence electrons. The van der Waals surface area contributed by atoms with Crippen molar-refractivity contribution in [3.63, 3.8) is 0 Å². The summed E-state index contributed by atoms with van der Waals surface area (Å²) in [5.74, 6) is -2.77. The molecule has 2 N–H and O–H groups in total. The Morgan fingerprint density at radius 3 is 2.15 bits per heavy atom. The van der Waals surface area contributed by atoms with Gasteiger partial charge in [0, 0.05) is 30.8 Å². The van der Waals surface area contributed by atoms with Crippen molar-refractivity contribution in [2.75, 3.05) is 6.54 Å². The van der Waals surface area contributed by atoms with E-state index in [-0.39, 0.29) is 30.7 Å². The number of alkyl halides is 2. The topological polar surface area (TPSA) is 41.1 Å². The maximum atomic E-state index is 13.1. The molecule has 0 aromatic carbocycles. The first-order valence-electron chi connectivity index (χ1n) is 7.92. The third-order valence-electron chi connectivity index (χ3n) is 4.65. The van der Waals surface area contributed by atoms with Crippen LogP contribution in [0.1, 0.15) is 58.3 Å². The Balaban J connectivity index is 1.70. The van der Waals surface area contributed by atoms with Crippen molar-refractivity contribution in [1.29, 1.82) is 0 Å². The summed E-state index contributed by atoms with van der Waals surface area (Å²) >= 11 is 0. The molecule has 2 rings (SSSR count). The van der Waals surface area contributed by atoms with Gasteiger partial charge < -0.3 is 10.6 Å². The Hall–Kier alpha value is -0.710. The molecule has 0 radical (unpaired) electrons. The SMILES string of the molecule is CCNC1CCC(NC(=O)C2CCC(F)(F)CC2)CC1. The minimum Gasteiger partial charge on any atom is -0.353 e. The van der Waals surface area contributed by atoms with Gasteiger partial charge in [-0.15, -0.1) is 0 Å². The molecule has 2 fully saturated rings. The third kappa shape index (κ3) is 4.40. The number of halogens is 2. The predicted molar refractivity (Wildman–Crippen MR) is 74.8 cm³/mol. The van der Waals surface area contributed by atoms with Crippen LogP contribution < -0.4 is 10.6 Å². The number of amides is 1. The maximum Gasteiger partial charge on any atom is 0.248 e. The maximum absolute atomic E-state index is 13.1. The first kappa shape index (κ1) is 15.7. The van der Waals surface area contributed by atoms with Crippen molar-refractivity contribution in [1.82, 2.24) is 10.6 Å².